The molecule has 4 heterocycles. The first-order valence-corrected chi connectivity index (χ1v) is 11.4. The van der Waals surface area contributed by atoms with Gasteiger partial charge in [0, 0.05) is 51.9 Å². The van der Waals surface area contributed by atoms with Crippen molar-refractivity contribution in [2.24, 2.45) is 0 Å². The minimum Gasteiger partial charge on any atom is -0.497 e. The lowest BCUT2D eigenvalue weighted by atomic mass is 10.1. The lowest BCUT2D eigenvalue weighted by Crippen LogP contribution is -1.97. The first-order chi connectivity index (χ1) is 16.2. The van der Waals surface area contributed by atoms with Gasteiger partial charge < -0.3 is 14.3 Å². The molecule has 2 aromatic carbocycles. The van der Waals surface area contributed by atoms with Crippen LogP contribution in [0.4, 0.5) is 0 Å². The van der Waals surface area contributed by atoms with E-state index in [2.05, 4.69) is 63.8 Å². The number of pyridine rings is 2. The summed E-state index contributed by atoms with van der Waals surface area (Å²) in [5, 5.41) is 3.13. The third-order valence-corrected chi connectivity index (χ3v) is 5.92. The topological polar surface area (TPSA) is 68.6 Å². The number of ether oxygens (including phenoxy) is 1. The summed E-state index contributed by atoms with van der Waals surface area (Å²) in [6.07, 6.45) is 5.79. The van der Waals surface area contributed by atoms with Crippen molar-refractivity contribution in [2.45, 2.75) is 33.7 Å². The summed E-state index contributed by atoms with van der Waals surface area (Å²) in [6.45, 7) is 8.37. The highest BCUT2D eigenvalue weighted by Gasteiger charge is 2.19. The van der Waals surface area contributed by atoms with E-state index in [1.807, 2.05) is 38.2 Å². The number of fused-ring (bicyclic) bond motifs is 7. The van der Waals surface area contributed by atoms with E-state index < -0.39 is 0 Å². The number of hydrogen-bond acceptors (Lipinski definition) is 4. The summed E-state index contributed by atoms with van der Waals surface area (Å²) >= 11 is 0. The van der Waals surface area contributed by atoms with Crippen LogP contribution in [0, 0.1) is 0 Å². The van der Waals surface area contributed by atoms with Crippen molar-refractivity contribution in [1.29, 1.82) is 0 Å². The molecule has 0 unspecified atom stereocenters. The molecule has 4 aromatic heterocycles. The SMILES string of the molecule is CC.COc1ccc2c(c1)c(-c1nc3c4cccnc4c4ncccc4c3[nH]1)cn2C(C)C. The third kappa shape index (κ3) is 3.21. The molecule has 33 heavy (non-hydrogen) atoms. The Balaban J connectivity index is 0.00000111. The van der Waals surface area contributed by atoms with Crippen LogP contribution in [-0.2, 0) is 0 Å². The number of benzene rings is 2. The van der Waals surface area contributed by atoms with Crippen LogP contribution in [0.5, 0.6) is 5.75 Å². The van der Waals surface area contributed by atoms with Crippen LogP contribution >= 0.6 is 0 Å². The van der Waals surface area contributed by atoms with Crippen LogP contribution in [0.3, 0.4) is 0 Å². The van der Waals surface area contributed by atoms with Gasteiger partial charge in [0.15, 0.2) is 0 Å². The minimum absolute atomic E-state index is 0.323. The number of nitrogens with zero attached hydrogens (tertiary/aromatic N) is 4. The van der Waals surface area contributed by atoms with Gasteiger partial charge in [-0.25, -0.2) is 4.98 Å². The first kappa shape index (κ1) is 20.9. The number of imidazole rings is 1. The van der Waals surface area contributed by atoms with E-state index in [4.69, 9.17) is 9.72 Å². The second kappa shape index (κ2) is 8.20. The van der Waals surface area contributed by atoms with Gasteiger partial charge in [-0.3, -0.25) is 9.97 Å². The number of methoxy groups -OCH3 is 1. The van der Waals surface area contributed by atoms with Gasteiger partial charge in [-0.15, -0.1) is 0 Å². The second-order valence-electron chi connectivity index (χ2n) is 8.04. The van der Waals surface area contributed by atoms with Crippen molar-refractivity contribution in [3.05, 3.63) is 61.1 Å². The Bertz CT molecular complexity index is 1540. The molecule has 0 atom stereocenters. The van der Waals surface area contributed by atoms with Crippen LogP contribution < -0.4 is 4.74 Å². The van der Waals surface area contributed by atoms with Crippen LogP contribution in [0.1, 0.15) is 33.7 Å². The van der Waals surface area contributed by atoms with Gasteiger partial charge in [-0.2, -0.15) is 0 Å². The van der Waals surface area contributed by atoms with E-state index >= 15 is 0 Å². The lowest BCUT2D eigenvalue weighted by molar-refractivity contribution is 0.415. The highest BCUT2D eigenvalue weighted by Crippen LogP contribution is 2.37. The number of aromatic amines is 1. The molecule has 0 saturated carbocycles. The fourth-order valence-electron chi connectivity index (χ4n) is 4.45. The standard InChI is InChI=1S/C25H21N5O.C2H6/c1-14(2)30-13-19(18-12-15(31-3)8-9-20(18)30)25-28-23-16-6-4-10-26-21(16)22-17(24(23)29-25)7-5-11-27-22;1-2/h4-14H,1-3H3,(H,28,29);1-2H3. The number of aromatic nitrogens is 5. The summed E-state index contributed by atoms with van der Waals surface area (Å²) in [7, 11) is 1.69. The smallest absolute Gasteiger partial charge is 0.140 e. The molecule has 0 radical (unpaired) electrons. The number of nitrogens with one attached hydrogen (secondary N) is 1. The van der Waals surface area contributed by atoms with Crippen LogP contribution in [0.2, 0.25) is 0 Å². The summed E-state index contributed by atoms with van der Waals surface area (Å²) in [6, 6.07) is 14.5. The van der Waals surface area contributed by atoms with Crippen LogP contribution in [0.15, 0.2) is 61.1 Å². The predicted octanol–water partition coefficient (Wildman–Crippen LogP) is 6.90. The van der Waals surface area contributed by atoms with Crippen molar-refractivity contribution >= 4 is 43.7 Å². The molecular formula is C27H27N5O. The van der Waals surface area contributed by atoms with E-state index in [0.29, 0.717) is 6.04 Å². The molecule has 6 heteroatoms. The van der Waals surface area contributed by atoms with Gasteiger partial charge in [-0.05, 0) is 56.3 Å². The third-order valence-electron chi connectivity index (χ3n) is 5.92. The van der Waals surface area contributed by atoms with Gasteiger partial charge in [0.2, 0.25) is 0 Å². The Kier molecular flexibility index (Phi) is 5.21. The number of rotatable bonds is 3. The minimum atomic E-state index is 0.323. The molecule has 0 bridgehead atoms. The Labute approximate surface area is 192 Å². The van der Waals surface area contributed by atoms with E-state index in [-0.39, 0.29) is 0 Å². The quantitative estimate of drug-likeness (QED) is 0.306. The van der Waals surface area contributed by atoms with Crippen molar-refractivity contribution < 1.29 is 4.74 Å². The summed E-state index contributed by atoms with van der Waals surface area (Å²) in [5.74, 6) is 1.66. The van der Waals surface area contributed by atoms with Crippen molar-refractivity contribution in [3.8, 4) is 17.1 Å². The Hall–Kier alpha value is -3.93. The maximum absolute atomic E-state index is 5.50. The molecule has 6 nitrogen and oxygen atoms in total. The zero-order chi connectivity index (χ0) is 23.1. The van der Waals surface area contributed by atoms with Crippen LogP contribution in [0.25, 0.3) is 55.1 Å². The van der Waals surface area contributed by atoms with Crippen molar-refractivity contribution in [1.82, 2.24) is 24.5 Å². The molecule has 1 N–H and O–H groups in total. The van der Waals surface area contributed by atoms with Crippen molar-refractivity contribution in [3.63, 3.8) is 0 Å². The molecule has 0 aliphatic rings. The monoisotopic (exact) mass is 437 g/mol. The van der Waals surface area contributed by atoms with Gasteiger partial charge >= 0.3 is 0 Å². The molecule has 0 aliphatic carbocycles. The maximum atomic E-state index is 5.50. The van der Waals surface area contributed by atoms with E-state index in [9.17, 15) is 0 Å². The Morgan fingerprint density at radius 2 is 1.58 bits per heavy atom. The molecule has 6 aromatic rings. The fraction of sp³-hybridized carbons (Fsp3) is 0.222. The fourth-order valence-corrected chi connectivity index (χ4v) is 4.45. The largest absolute Gasteiger partial charge is 0.497 e. The highest BCUT2D eigenvalue weighted by atomic mass is 16.5. The molecule has 0 fully saturated rings. The maximum Gasteiger partial charge on any atom is 0.140 e. The van der Waals surface area contributed by atoms with E-state index in [1.165, 1.54) is 0 Å². The first-order valence-electron chi connectivity index (χ1n) is 11.4. The Morgan fingerprint density at radius 1 is 0.879 bits per heavy atom. The van der Waals surface area contributed by atoms with E-state index in [0.717, 1.165) is 60.9 Å². The molecule has 0 aliphatic heterocycles. The van der Waals surface area contributed by atoms with E-state index in [1.54, 1.807) is 13.3 Å². The van der Waals surface area contributed by atoms with Gasteiger partial charge in [0.05, 0.1) is 29.2 Å². The van der Waals surface area contributed by atoms with Gasteiger partial charge in [0.25, 0.3) is 0 Å². The molecular weight excluding hydrogens is 410 g/mol. The average molecular weight is 438 g/mol. The zero-order valence-corrected chi connectivity index (χ0v) is 19.5. The lowest BCUT2D eigenvalue weighted by Gasteiger charge is -2.09. The normalized spacial score (nSPS) is 11.5. The summed E-state index contributed by atoms with van der Waals surface area (Å²) < 4.78 is 7.78. The molecule has 6 rings (SSSR count). The van der Waals surface area contributed by atoms with Gasteiger partial charge in [-0.1, -0.05) is 13.8 Å². The van der Waals surface area contributed by atoms with Gasteiger partial charge in [0.1, 0.15) is 11.6 Å². The van der Waals surface area contributed by atoms with Crippen molar-refractivity contribution in [2.75, 3.05) is 7.11 Å². The number of hydrogen-bond donors (Lipinski definition) is 1. The van der Waals surface area contributed by atoms with Crippen LogP contribution in [-0.4, -0.2) is 31.6 Å². The average Bonchev–Trinajstić information content (AvgIpc) is 3.47. The molecule has 166 valence electrons. The number of H-pyrrole nitrogens is 1. The second-order valence-corrected chi connectivity index (χ2v) is 8.04. The summed E-state index contributed by atoms with van der Waals surface area (Å²) in [4.78, 5) is 17.9. The summed E-state index contributed by atoms with van der Waals surface area (Å²) in [5.41, 5.74) is 5.85. The Morgan fingerprint density at radius 3 is 2.27 bits per heavy atom. The molecule has 0 amide bonds. The molecule has 0 saturated heterocycles. The zero-order valence-electron chi connectivity index (χ0n) is 19.5. The predicted molar refractivity (Wildman–Crippen MR) is 136 cm³/mol. The highest BCUT2D eigenvalue weighted by molar-refractivity contribution is 6.21. The molecule has 0 spiro atoms.